The van der Waals surface area contributed by atoms with Gasteiger partial charge in [0.15, 0.2) is 0 Å². The molecule has 0 aliphatic rings. The lowest BCUT2D eigenvalue weighted by Gasteiger charge is -2.17. The van der Waals surface area contributed by atoms with Crippen molar-refractivity contribution in [2.45, 2.75) is 6.92 Å². The Bertz CT molecular complexity index is 892. The number of likely N-dealkylation sites (N-methyl/N-ethyl adjacent to an activating group) is 1. The van der Waals surface area contributed by atoms with Crippen molar-refractivity contribution < 1.29 is 19.2 Å². The van der Waals surface area contributed by atoms with Crippen LogP contribution in [0.25, 0.3) is 0 Å². The smallest absolute Gasteiger partial charge is 0.415 e. The fourth-order valence-corrected chi connectivity index (χ4v) is 2.63. The molecule has 0 aliphatic carbocycles. The SMILES string of the molecule is CCOC(=O)/C(=N\N(C)c1ccc(Nc2ccc(OC)cc2)cc1)[NH+](C)/C=C\N(C)C. The third-order valence-electron chi connectivity index (χ3n) is 4.33. The van der Waals surface area contributed by atoms with Gasteiger partial charge in [-0.1, -0.05) is 0 Å². The fraction of sp³-hybridized carbons (Fsp3) is 0.304. The number of carbonyl (C=O) groups excluding carboxylic acids is 1. The Morgan fingerprint density at radius 1 is 1.06 bits per heavy atom. The molecule has 0 bridgehead atoms. The molecule has 31 heavy (non-hydrogen) atoms. The number of amidine groups is 1. The van der Waals surface area contributed by atoms with Gasteiger partial charge in [-0.3, -0.25) is 9.91 Å². The maximum absolute atomic E-state index is 12.4. The van der Waals surface area contributed by atoms with E-state index in [2.05, 4.69) is 10.4 Å². The molecule has 0 radical (unpaired) electrons. The first-order valence-corrected chi connectivity index (χ1v) is 10.0. The first-order chi connectivity index (χ1) is 14.8. The molecule has 8 nitrogen and oxygen atoms in total. The lowest BCUT2D eigenvalue weighted by atomic mass is 10.2. The Morgan fingerprint density at radius 3 is 2.16 bits per heavy atom. The van der Waals surface area contributed by atoms with Gasteiger partial charge >= 0.3 is 11.8 Å². The molecule has 0 amide bonds. The van der Waals surface area contributed by atoms with Gasteiger partial charge in [0.2, 0.25) is 0 Å². The van der Waals surface area contributed by atoms with E-state index in [0.29, 0.717) is 0 Å². The quantitative estimate of drug-likeness (QED) is 0.292. The molecule has 1 atom stereocenters. The maximum atomic E-state index is 12.4. The number of ether oxygens (including phenoxy) is 2. The van der Waals surface area contributed by atoms with Gasteiger partial charge in [0.25, 0.3) is 0 Å². The zero-order valence-corrected chi connectivity index (χ0v) is 19.0. The molecule has 0 fully saturated rings. The van der Waals surface area contributed by atoms with E-state index in [9.17, 15) is 4.79 Å². The van der Waals surface area contributed by atoms with Crippen molar-refractivity contribution in [1.29, 1.82) is 0 Å². The van der Waals surface area contributed by atoms with Crippen molar-refractivity contribution >= 4 is 28.9 Å². The highest BCUT2D eigenvalue weighted by molar-refractivity contribution is 6.31. The lowest BCUT2D eigenvalue weighted by molar-refractivity contribution is -0.720. The average Bonchev–Trinajstić information content (AvgIpc) is 2.76. The van der Waals surface area contributed by atoms with Crippen LogP contribution >= 0.6 is 0 Å². The van der Waals surface area contributed by atoms with E-state index in [1.54, 1.807) is 26.1 Å². The second-order valence-electron chi connectivity index (χ2n) is 7.06. The Kier molecular flexibility index (Phi) is 8.90. The summed E-state index contributed by atoms with van der Waals surface area (Å²) in [6, 6.07) is 15.5. The number of quaternary nitrogens is 1. The highest BCUT2D eigenvalue weighted by Crippen LogP contribution is 2.22. The van der Waals surface area contributed by atoms with Crippen molar-refractivity contribution in [2.24, 2.45) is 5.10 Å². The second-order valence-corrected chi connectivity index (χ2v) is 7.06. The van der Waals surface area contributed by atoms with Crippen LogP contribution in [0.2, 0.25) is 0 Å². The summed E-state index contributed by atoms with van der Waals surface area (Å²) in [5.74, 6) is 0.626. The number of benzene rings is 2. The predicted octanol–water partition coefficient (Wildman–Crippen LogP) is 2.30. The molecule has 166 valence electrons. The molecule has 2 aromatic rings. The standard InChI is InChI=1S/C23H31N5O3/c1-7-31-23(29)22(27(4)17-16-26(2)3)25-28(5)20-12-8-18(9-13-20)24-19-10-14-21(30-6)15-11-19/h8-17,24H,7H2,1-6H3/p+1/b17-16-,25-22+. The van der Waals surface area contributed by atoms with E-state index in [0.717, 1.165) is 27.7 Å². The minimum Gasteiger partial charge on any atom is -0.497 e. The van der Waals surface area contributed by atoms with Crippen LogP contribution in [-0.4, -0.2) is 58.6 Å². The summed E-state index contributed by atoms with van der Waals surface area (Å²) in [5, 5.41) is 9.51. The van der Waals surface area contributed by atoms with E-state index in [4.69, 9.17) is 9.47 Å². The van der Waals surface area contributed by atoms with Gasteiger partial charge in [-0.25, -0.2) is 4.79 Å². The topological polar surface area (TPSA) is 70.8 Å². The summed E-state index contributed by atoms with van der Waals surface area (Å²) in [6.07, 6.45) is 3.70. The molecule has 2 aromatic carbocycles. The number of carbonyl (C=O) groups is 1. The van der Waals surface area contributed by atoms with Crippen LogP contribution in [0.3, 0.4) is 0 Å². The summed E-state index contributed by atoms with van der Waals surface area (Å²) in [6.45, 7) is 2.07. The van der Waals surface area contributed by atoms with E-state index in [1.165, 1.54) is 0 Å². The van der Waals surface area contributed by atoms with Crippen LogP contribution in [0.15, 0.2) is 66.0 Å². The zero-order valence-electron chi connectivity index (χ0n) is 19.0. The zero-order chi connectivity index (χ0) is 22.8. The summed E-state index contributed by atoms with van der Waals surface area (Å²) in [4.78, 5) is 15.0. The van der Waals surface area contributed by atoms with Gasteiger partial charge in [0.05, 0.1) is 32.7 Å². The van der Waals surface area contributed by atoms with Gasteiger partial charge in [-0.05, 0) is 55.5 Å². The molecule has 0 saturated heterocycles. The molecule has 1 unspecified atom stereocenters. The molecule has 0 spiro atoms. The number of nitrogens with zero attached hydrogens (tertiary/aromatic N) is 3. The number of nitrogens with one attached hydrogen (secondary N) is 2. The molecular formula is C23H32N5O3+. The third kappa shape index (κ3) is 7.35. The molecule has 2 N–H and O–H groups in total. The molecule has 0 aliphatic heterocycles. The van der Waals surface area contributed by atoms with E-state index in [1.807, 2.05) is 87.0 Å². The molecule has 0 heterocycles. The van der Waals surface area contributed by atoms with Gasteiger partial charge in [-0.15, -0.1) is 5.10 Å². The first kappa shape index (κ1) is 23.8. The minimum absolute atomic E-state index is 0.267. The third-order valence-corrected chi connectivity index (χ3v) is 4.33. The minimum atomic E-state index is -0.451. The Balaban J connectivity index is 2.16. The van der Waals surface area contributed by atoms with E-state index < -0.39 is 5.97 Å². The average molecular weight is 427 g/mol. The summed E-state index contributed by atoms with van der Waals surface area (Å²) < 4.78 is 10.4. The Hall–Kier alpha value is -3.52. The van der Waals surface area contributed by atoms with Gasteiger partial charge in [-0.2, -0.15) is 0 Å². The number of hydrogen-bond acceptors (Lipinski definition) is 7. The predicted molar refractivity (Wildman–Crippen MR) is 125 cm³/mol. The van der Waals surface area contributed by atoms with Crippen LogP contribution in [0, 0.1) is 0 Å². The summed E-state index contributed by atoms with van der Waals surface area (Å²) >= 11 is 0. The van der Waals surface area contributed by atoms with Crippen LogP contribution in [0.4, 0.5) is 17.1 Å². The van der Waals surface area contributed by atoms with Gasteiger partial charge in [0, 0.05) is 32.5 Å². The Morgan fingerprint density at radius 2 is 1.65 bits per heavy atom. The van der Waals surface area contributed by atoms with Gasteiger partial charge in [0.1, 0.15) is 11.9 Å². The lowest BCUT2D eigenvalue weighted by Crippen LogP contribution is -3.08. The van der Waals surface area contributed by atoms with E-state index in [-0.39, 0.29) is 12.4 Å². The van der Waals surface area contributed by atoms with Crippen molar-refractivity contribution in [3.05, 3.63) is 60.9 Å². The number of anilines is 3. The van der Waals surface area contributed by atoms with Crippen molar-refractivity contribution in [3.63, 3.8) is 0 Å². The molecule has 2 rings (SSSR count). The van der Waals surface area contributed by atoms with Gasteiger partial charge < -0.3 is 19.7 Å². The van der Waals surface area contributed by atoms with Crippen LogP contribution in [-0.2, 0) is 9.53 Å². The van der Waals surface area contributed by atoms with Crippen LogP contribution in [0.1, 0.15) is 6.92 Å². The number of rotatable bonds is 8. The highest BCUT2D eigenvalue weighted by Gasteiger charge is 2.23. The monoisotopic (exact) mass is 426 g/mol. The molecular weight excluding hydrogens is 394 g/mol. The second kappa shape index (κ2) is 11.6. The van der Waals surface area contributed by atoms with Crippen molar-refractivity contribution in [1.82, 2.24) is 4.90 Å². The van der Waals surface area contributed by atoms with Crippen LogP contribution < -0.4 is 20.0 Å². The summed E-state index contributed by atoms with van der Waals surface area (Å²) in [5.41, 5.74) is 2.74. The van der Waals surface area contributed by atoms with Crippen molar-refractivity contribution in [2.75, 3.05) is 52.2 Å². The normalized spacial score (nSPS) is 12.4. The number of hydrazone groups is 1. The van der Waals surface area contributed by atoms with Crippen molar-refractivity contribution in [3.8, 4) is 5.75 Å². The van der Waals surface area contributed by atoms with Crippen LogP contribution in [0.5, 0.6) is 5.75 Å². The molecule has 8 heteroatoms. The maximum Gasteiger partial charge on any atom is 0.415 e. The highest BCUT2D eigenvalue weighted by atomic mass is 16.5. The Labute approximate surface area is 184 Å². The number of methoxy groups -OCH3 is 1. The van der Waals surface area contributed by atoms with E-state index >= 15 is 0 Å². The number of hydrogen-bond donors (Lipinski definition) is 2. The summed E-state index contributed by atoms with van der Waals surface area (Å²) in [7, 11) is 9.11. The molecule has 0 saturated carbocycles. The number of esters is 1. The largest absolute Gasteiger partial charge is 0.497 e. The fourth-order valence-electron chi connectivity index (χ4n) is 2.63. The first-order valence-electron chi connectivity index (χ1n) is 10.0. The molecule has 0 aromatic heterocycles.